The Hall–Kier alpha value is -1.17. The van der Waals surface area contributed by atoms with Gasteiger partial charge in [-0.15, -0.1) is 0 Å². The Balaban J connectivity index is 1.96. The van der Waals surface area contributed by atoms with Crippen LogP contribution >= 0.6 is 11.8 Å². The van der Waals surface area contributed by atoms with Crippen LogP contribution in [0.25, 0.3) is 0 Å². The lowest BCUT2D eigenvalue weighted by Gasteiger charge is -2.22. The maximum atomic E-state index is 12.0. The highest BCUT2D eigenvalue weighted by Gasteiger charge is 2.30. The van der Waals surface area contributed by atoms with Gasteiger partial charge in [-0.25, -0.2) is 0 Å². The Morgan fingerprint density at radius 2 is 2.50 bits per heavy atom. The summed E-state index contributed by atoms with van der Waals surface area (Å²) in [5, 5.41) is 7.11. The van der Waals surface area contributed by atoms with Gasteiger partial charge in [-0.1, -0.05) is 0 Å². The number of hydrogen-bond acceptors (Lipinski definition) is 4. The molecule has 0 spiro atoms. The number of nitrogen functional groups attached to an aromatic ring is 1. The monoisotopic (exact) mass is 268 g/mol. The second-order valence-electron chi connectivity index (χ2n) is 4.87. The summed E-state index contributed by atoms with van der Waals surface area (Å²) in [6.07, 6.45) is 4.07. The van der Waals surface area contributed by atoms with E-state index >= 15 is 0 Å². The molecule has 1 aliphatic rings. The number of aryl methyl sites for hydroxylation is 1. The average molecular weight is 268 g/mol. The van der Waals surface area contributed by atoms with Gasteiger partial charge in [0.2, 0.25) is 0 Å². The fourth-order valence-electron chi connectivity index (χ4n) is 2.10. The van der Waals surface area contributed by atoms with Crippen LogP contribution in [-0.2, 0) is 6.54 Å². The third-order valence-electron chi connectivity index (χ3n) is 3.25. The van der Waals surface area contributed by atoms with Crippen LogP contribution in [0.1, 0.15) is 37.2 Å². The lowest BCUT2D eigenvalue weighted by molar-refractivity contribution is 0.0945. The summed E-state index contributed by atoms with van der Waals surface area (Å²) in [6, 6.07) is 0. The highest BCUT2D eigenvalue weighted by molar-refractivity contribution is 8.00. The van der Waals surface area contributed by atoms with E-state index in [0.29, 0.717) is 24.5 Å². The van der Waals surface area contributed by atoms with E-state index in [-0.39, 0.29) is 10.7 Å². The zero-order valence-electron chi connectivity index (χ0n) is 10.9. The fourth-order valence-corrected chi connectivity index (χ4v) is 3.35. The Kier molecular flexibility index (Phi) is 3.85. The summed E-state index contributed by atoms with van der Waals surface area (Å²) in [6.45, 7) is 5.54. The maximum absolute atomic E-state index is 12.0. The molecule has 0 aliphatic carbocycles. The normalized spacial score (nSPS) is 23.2. The van der Waals surface area contributed by atoms with Gasteiger partial charge in [-0.05, 0) is 32.4 Å². The number of anilines is 1. The number of nitrogens with two attached hydrogens (primary N) is 1. The van der Waals surface area contributed by atoms with Crippen molar-refractivity contribution >= 4 is 23.4 Å². The molecule has 3 N–H and O–H groups in total. The van der Waals surface area contributed by atoms with Crippen molar-refractivity contribution in [1.29, 1.82) is 0 Å². The van der Waals surface area contributed by atoms with E-state index in [1.165, 1.54) is 12.2 Å². The first kappa shape index (κ1) is 13.3. The molecule has 1 atom stereocenters. The van der Waals surface area contributed by atoms with Crippen LogP contribution in [-0.4, -0.2) is 32.7 Å². The van der Waals surface area contributed by atoms with Gasteiger partial charge in [-0.2, -0.15) is 16.9 Å². The molecule has 6 heteroatoms. The molecule has 1 saturated heterocycles. The second-order valence-corrected chi connectivity index (χ2v) is 6.56. The number of rotatable bonds is 4. The number of aromatic nitrogens is 2. The van der Waals surface area contributed by atoms with E-state index < -0.39 is 0 Å². The van der Waals surface area contributed by atoms with Crippen LogP contribution in [0.2, 0.25) is 0 Å². The standard InChI is InChI=1S/C12H20N4OS/c1-3-16-7-9(13)10(15-16)11(17)14-8-12(2)5-4-6-18-12/h7H,3-6,8,13H2,1-2H3,(H,14,17). The molecule has 0 saturated carbocycles. The van der Waals surface area contributed by atoms with Gasteiger partial charge in [-0.3, -0.25) is 9.48 Å². The van der Waals surface area contributed by atoms with Gasteiger partial charge >= 0.3 is 0 Å². The van der Waals surface area contributed by atoms with E-state index in [9.17, 15) is 4.79 Å². The lowest BCUT2D eigenvalue weighted by Crippen LogP contribution is -2.37. The number of hydrogen-bond donors (Lipinski definition) is 2. The molecule has 1 aromatic heterocycles. The first-order valence-electron chi connectivity index (χ1n) is 6.29. The molecule has 2 heterocycles. The predicted molar refractivity (Wildman–Crippen MR) is 74.7 cm³/mol. The van der Waals surface area contributed by atoms with Gasteiger partial charge in [0.25, 0.3) is 5.91 Å². The number of carbonyl (C=O) groups is 1. The third kappa shape index (κ3) is 2.80. The van der Waals surface area contributed by atoms with Crippen LogP contribution in [0.4, 0.5) is 5.69 Å². The highest BCUT2D eigenvalue weighted by atomic mass is 32.2. The summed E-state index contributed by atoms with van der Waals surface area (Å²) < 4.78 is 1.84. The molecule has 0 bridgehead atoms. The minimum atomic E-state index is -0.173. The fraction of sp³-hybridized carbons (Fsp3) is 0.667. The Morgan fingerprint density at radius 3 is 3.06 bits per heavy atom. The maximum Gasteiger partial charge on any atom is 0.273 e. The van der Waals surface area contributed by atoms with Crippen LogP contribution < -0.4 is 11.1 Å². The van der Waals surface area contributed by atoms with Crippen molar-refractivity contribution < 1.29 is 4.79 Å². The number of thioether (sulfide) groups is 1. The largest absolute Gasteiger partial charge is 0.396 e. The van der Waals surface area contributed by atoms with Gasteiger partial charge < -0.3 is 11.1 Å². The Morgan fingerprint density at radius 1 is 1.72 bits per heavy atom. The van der Waals surface area contributed by atoms with Gasteiger partial charge in [0.1, 0.15) is 0 Å². The van der Waals surface area contributed by atoms with Crippen LogP contribution in [0.5, 0.6) is 0 Å². The minimum Gasteiger partial charge on any atom is -0.396 e. The van der Waals surface area contributed by atoms with Crippen molar-refractivity contribution in [2.75, 3.05) is 18.0 Å². The minimum absolute atomic E-state index is 0.164. The lowest BCUT2D eigenvalue weighted by atomic mass is 10.1. The quantitative estimate of drug-likeness (QED) is 0.868. The molecule has 18 heavy (non-hydrogen) atoms. The molecule has 1 fully saturated rings. The van der Waals surface area contributed by atoms with Gasteiger partial charge in [0, 0.05) is 24.0 Å². The number of amides is 1. The summed E-state index contributed by atoms with van der Waals surface area (Å²) in [7, 11) is 0. The van der Waals surface area contributed by atoms with Crippen LogP contribution in [0.15, 0.2) is 6.20 Å². The molecule has 0 radical (unpaired) electrons. The first-order chi connectivity index (χ1) is 8.54. The topological polar surface area (TPSA) is 72.9 Å². The van der Waals surface area contributed by atoms with E-state index in [2.05, 4.69) is 17.3 Å². The smallest absolute Gasteiger partial charge is 0.273 e. The zero-order chi connectivity index (χ0) is 13.2. The summed E-state index contributed by atoms with van der Waals surface area (Å²) in [5.41, 5.74) is 6.56. The third-order valence-corrected chi connectivity index (χ3v) is 4.79. The highest BCUT2D eigenvalue weighted by Crippen LogP contribution is 2.36. The molecular formula is C12H20N4OS. The molecule has 100 valence electrons. The second kappa shape index (κ2) is 5.22. The van der Waals surface area contributed by atoms with E-state index in [4.69, 9.17) is 5.73 Å². The zero-order valence-corrected chi connectivity index (χ0v) is 11.7. The van der Waals surface area contributed by atoms with Crippen molar-refractivity contribution in [2.45, 2.75) is 38.0 Å². The summed E-state index contributed by atoms with van der Waals surface area (Å²) in [4.78, 5) is 12.0. The first-order valence-corrected chi connectivity index (χ1v) is 7.28. The summed E-state index contributed by atoms with van der Waals surface area (Å²) in [5.74, 6) is 1.01. The van der Waals surface area contributed by atoms with Crippen molar-refractivity contribution in [1.82, 2.24) is 15.1 Å². The number of nitrogens with one attached hydrogen (secondary N) is 1. The number of nitrogens with zero attached hydrogens (tertiary/aromatic N) is 2. The summed E-state index contributed by atoms with van der Waals surface area (Å²) >= 11 is 1.92. The van der Waals surface area contributed by atoms with Gasteiger partial charge in [0.15, 0.2) is 5.69 Å². The molecular weight excluding hydrogens is 248 g/mol. The predicted octanol–water partition coefficient (Wildman–Crippen LogP) is 1.50. The van der Waals surface area contributed by atoms with Crippen LogP contribution in [0.3, 0.4) is 0 Å². The molecule has 1 aromatic rings. The van der Waals surface area contributed by atoms with Crippen molar-refractivity contribution in [3.63, 3.8) is 0 Å². The SMILES string of the molecule is CCn1cc(N)c(C(=O)NCC2(C)CCCS2)n1. The van der Waals surface area contributed by atoms with Crippen molar-refractivity contribution in [2.24, 2.45) is 0 Å². The molecule has 5 nitrogen and oxygen atoms in total. The van der Waals surface area contributed by atoms with E-state index in [0.717, 1.165) is 6.42 Å². The molecule has 1 amide bonds. The van der Waals surface area contributed by atoms with E-state index in [1.54, 1.807) is 10.9 Å². The van der Waals surface area contributed by atoms with Crippen LogP contribution in [0, 0.1) is 0 Å². The van der Waals surface area contributed by atoms with E-state index in [1.807, 2.05) is 18.7 Å². The Labute approximate surface area is 111 Å². The van der Waals surface area contributed by atoms with Crippen molar-refractivity contribution in [3.05, 3.63) is 11.9 Å². The number of carbonyl (C=O) groups excluding carboxylic acids is 1. The molecule has 0 aromatic carbocycles. The molecule has 1 aliphatic heterocycles. The van der Waals surface area contributed by atoms with Gasteiger partial charge in [0.05, 0.1) is 5.69 Å². The average Bonchev–Trinajstić information content (AvgIpc) is 2.93. The van der Waals surface area contributed by atoms with Crippen molar-refractivity contribution in [3.8, 4) is 0 Å². The molecule has 2 rings (SSSR count). The Bertz CT molecular complexity index is 437. The molecule has 1 unspecified atom stereocenters.